The smallest absolute Gasteiger partial charge is 0.245 e. The van der Waals surface area contributed by atoms with Gasteiger partial charge < -0.3 is 15.0 Å². The lowest BCUT2D eigenvalue weighted by Gasteiger charge is -2.21. The molecule has 2 amide bonds. The van der Waals surface area contributed by atoms with E-state index in [9.17, 15) is 9.59 Å². The highest BCUT2D eigenvalue weighted by molar-refractivity contribution is 7.13. The van der Waals surface area contributed by atoms with E-state index in [4.69, 9.17) is 4.74 Å². The van der Waals surface area contributed by atoms with Crippen molar-refractivity contribution in [1.29, 1.82) is 0 Å². The van der Waals surface area contributed by atoms with Gasteiger partial charge in [0.25, 0.3) is 0 Å². The molecule has 0 saturated carbocycles. The van der Waals surface area contributed by atoms with Gasteiger partial charge in [0.05, 0.1) is 12.3 Å². The van der Waals surface area contributed by atoms with Crippen LogP contribution in [0.15, 0.2) is 5.38 Å². The van der Waals surface area contributed by atoms with Gasteiger partial charge in [-0.25, -0.2) is 4.98 Å². The number of carbonyl (C=O) groups is 2. The first-order valence-electron chi connectivity index (χ1n) is 7.05. The molecule has 1 rings (SSSR count). The summed E-state index contributed by atoms with van der Waals surface area (Å²) in [6.45, 7) is 4.77. The van der Waals surface area contributed by atoms with E-state index < -0.39 is 0 Å². The minimum Gasteiger partial charge on any atom is -0.383 e. The van der Waals surface area contributed by atoms with Crippen LogP contribution in [-0.2, 0) is 14.3 Å². The molecule has 0 spiro atoms. The number of ether oxygens (including phenoxy) is 1. The summed E-state index contributed by atoms with van der Waals surface area (Å²) >= 11 is 1.37. The second-order valence-corrected chi connectivity index (χ2v) is 5.61. The molecule has 118 valence electrons. The molecule has 1 heterocycles. The molecule has 21 heavy (non-hydrogen) atoms. The zero-order valence-electron chi connectivity index (χ0n) is 12.8. The van der Waals surface area contributed by atoms with Gasteiger partial charge in [0, 0.05) is 25.5 Å². The number of amides is 2. The molecule has 1 aromatic rings. The number of aromatic nitrogens is 1. The summed E-state index contributed by atoms with van der Waals surface area (Å²) in [4.78, 5) is 29.8. The summed E-state index contributed by atoms with van der Waals surface area (Å²) < 4.78 is 4.99. The average Bonchev–Trinajstić information content (AvgIpc) is 2.85. The highest BCUT2D eigenvalue weighted by atomic mass is 32.1. The van der Waals surface area contributed by atoms with Gasteiger partial charge in [-0.15, -0.1) is 11.3 Å². The predicted octanol–water partition coefficient (Wildman–Crippen LogP) is 2.06. The lowest BCUT2D eigenvalue weighted by molar-refractivity contribution is -0.135. The first kappa shape index (κ1) is 17.6. The maximum Gasteiger partial charge on any atom is 0.245 e. The molecule has 0 aliphatic carbocycles. The van der Waals surface area contributed by atoms with Gasteiger partial charge in [0.15, 0.2) is 5.13 Å². The Labute approximate surface area is 129 Å². The van der Waals surface area contributed by atoms with Crippen molar-refractivity contribution >= 4 is 28.3 Å². The fourth-order valence-corrected chi connectivity index (χ4v) is 2.43. The highest BCUT2D eigenvalue weighted by Crippen LogP contribution is 2.14. The van der Waals surface area contributed by atoms with Gasteiger partial charge in [-0.1, -0.05) is 13.3 Å². The quantitative estimate of drug-likeness (QED) is 0.757. The number of carbonyl (C=O) groups excluding carboxylic acids is 2. The Morgan fingerprint density at radius 1 is 1.48 bits per heavy atom. The molecule has 0 fully saturated rings. The Balaban J connectivity index is 2.53. The molecule has 1 N–H and O–H groups in total. The van der Waals surface area contributed by atoms with E-state index in [0.717, 1.165) is 18.5 Å². The van der Waals surface area contributed by atoms with Crippen LogP contribution in [0.4, 0.5) is 5.13 Å². The van der Waals surface area contributed by atoms with Crippen molar-refractivity contribution in [3.63, 3.8) is 0 Å². The normalized spacial score (nSPS) is 10.4. The number of unbranched alkanes of at least 4 members (excludes halogenated alkanes) is 1. The third-order valence-corrected chi connectivity index (χ3v) is 3.74. The van der Waals surface area contributed by atoms with Crippen molar-refractivity contribution in [2.24, 2.45) is 0 Å². The fraction of sp³-hybridized carbons (Fsp3) is 0.643. The number of nitrogens with zero attached hydrogens (tertiary/aromatic N) is 2. The molecule has 0 unspecified atom stereocenters. The van der Waals surface area contributed by atoms with Crippen LogP contribution in [0.5, 0.6) is 0 Å². The standard InChI is InChI=1S/C14H23N3O3S/c1-4-5-6-13(19)17(7-8-20-3)9-12(18)16-14-15-11(2)10-21-14/h10H,4-9H2,1-3H3,(H,15,16,18). The van der Waals surface area contributed by atoms with Crippen molar-refractivity contribution in [1.82, 2.24) is 9.88 Å². The summed E-state index contributed by atoms with van der Waals surface area (Å²) in [6.07, 6.45) is 2.24. The van der Waals surface area contributed by atoms with Crippen LogP contribution >= 0.6 is 11.3 Å². The lowest BCUT2D eigenvalue weighted by atomic mass is 10.2. The van der Waals surface area contributed by atoms with Crippen LogP contribution < -0.4 is 5.32 Å². The Kier molecular flexibility index (Phi) is 7.92. The molecular formula is C14H23N3O3S. The Morgan fingerprint density at radius 3 is 2.81 bits per heavy atom. The van der Waals surface area contributed by atoms with E-state index in [1.165, 1.54) is 16.2 Å². The molecule has 0 aromatic carbocycles. The van der Waals surface area contributed by atoms with Crippen LogP contribution in [0.3, 0.4) is 0 Å². The number of thiazole rings is 1. The summed E-state index contributed by atoms with van der Waals surface area (Å²) in [5.41, 5.74) is 0.866. The topological polar surface area (TPSA) is 71.5 Å². The fourth-order valence-electron chi connectivity index (χ4n) is 1.72. The monoisotopic (exact) mass is 313 g/mol. The molecule has 0 aliphatic heterocycles. The molecule has 7 heteroatoms. The third-order valence-electron chi connectivity index (χ3n) is 2.86. The molecular weight excluding hydrogens is 290 g/mol. The molecule has 0 aliphatic rings. The number of aryl methyl sites for hydroxylation is 1. The van der Waals surface area contributed by atoms with E-state index in [2.05, 4.69) is 10.3 Å². The average molecular weight is 313 g/mol. The Hall–Kier alpha value is -1.47. The summed E-state index contributed by atoms with van der Waals surface area (Å²) in [5.74, 6) is -0.246. The van der Waals surface area contributed by atoms with Crippen molar-refractivity contribution in [3.8, 4) is 0 Å². The minimum atomic E-state index is -0.231. The number of nitrogens with one attached hydrogen (secondary N) is 1. The number of hydrogen-bond donors (Lipinski definition) is 1. The number of hydrogen-bond acceptors (Lipinski definition) is 5. The van der Waals surface area contributed by atoms with Crippen molar-refractivity contribution in [3.05, 3.63) is 11.1 Å². The molecule has 0 atom stereocenters. The van der Waals surface area contributed by atoms with Gasteiger partial charge in [-0.05, 0) is 13.3 Å². The molecule has 0 saturated heterocycles. The van der Waals surface area contributed by atoms with E-state index in [1.54, 1.807) is 7.11 Å². The maximum absolute atomic E-state index is 12.1. The van der Waals surface area contributed by atoms with E-state index in [0.29, 0.717) is 24.7 Å². The van der Waals surface area contributed by atoms with Crippen molar-refractivity contribution in [2.75, 3.05) is 32.1 Å². The van der Waals surface area contributed by atoms with Crippen molar-refractivity contribution < 1.29 is 14.3 Å². The van der Waals surface area contributed by atoms with Crippen LogP contribution in [0.25, 0.3) is 0 Å². The Bertz CT molecular complexity index is 462. The zero-order valence-corrected chi connectivity index (χ0v) is 13.7. The maximum atomic E-state index is 12.1. The Morgan fingerprint density at radius 2 is 2.24 bits per heavy atom. The molecule has 0 bridgehead atoms. The number of anilines is 1. The molecule has 6 nitrogen and oxygen atoms in total. The minimum absolute atomic E-state index is 0.0145. The largest absolute Gasteiger partial charge is 0.383 e. The SMILES string of the molecule is CCCCC(=O)N(CCOC)CC(=O)Nc1nc(C)cs1. The first-order valence-corrected chi connectivity index (χ1v) is 7.93. The molecule has 0 radical (unpaired) electrons. The van der Waals surface area contributed by atoms with Crippen LogP contribution in [0.2, 0.25) is 0 Å². The predicted molar refractivity (Wildman–Crippen MR) is 83.5 cm³/mol. The summed E-state index contributed by atoms with van der Waals surface area (Å²) in [7, 11) is 1.58. The van der Waals surface area contributed by atoms with Gasteiger partial charge in [0.1, 0.15) is 6.54 Å². The van der Waals surface area contributed by atoms with E-state index in [-0.39, 0.29) is 18.4 Å². The number of methoxy groups -OCH3 is 1. The van der Waals surface area contributed by atoms with E-state index >= 15 is 0 Å². The van der Waals surface area contributed by atoms with Crippen LogP contribution in [-0.4, -0.2) is 48.5 Å². The number of rotatable bonds is 9. The van der Waals surface area contributed by atoms with Gasteiger partial charge in [-0.3, -0.25) is 9.59 Å². The highest BCUT2D eigenvalue weighted by Gasteiger charge is 2.17. The second-order valence-electron chi connectivity index (χ2n) is 4.75. The first-order chi connectivity index (χ1) is 10.1. The van der Waals surface area contributed by atoms with Crippen molar-refractivity contribution in [2.45, 2.75) is 33.1 Å². The van der Waals surface area contributed by atoms with Gasteiger partial charge in [-0.2, -0.15) is 0 Å². The van der Waals surface area contributed by atoms with Crippen LogP contribution in [0.1, 0.15) is 31.9 Å². The zero-order chi connectivity index (χ0) is 15.7. The molecule has 1 aromatic heterocycles. The van der Waals surface area contributed by atoms with Gasteiger partial charge in [0.2, 0.25) is 11.8 Å². The third kappa shape index (κ3) is 6.68. The van der Waals surface area contributed by atoms with Gasteiger partial charge >= 0.3 is 0 Å². The summed E-state index contributed by atoms with van der Waals surface area (Å²) in [5, 5.41) is 5.14. The summed E-state index contributed by atoms with van der Waals surface area (Å²) in [6, 6.07) is 0. The van der Waals surface area contributed by atoms with Crippen LogP contribution in [0, 0.1) is 6.92 Å². The lowest BCUT2D eigenvalue weighted by Crippen LogP contribution is -2.39. The second kappa shape index (κ2) is 9.46. The van der Waals surface area contributed by atoms with E-state index in [1.807, 2.05) is 19.2 Å².